The van der Waals surface area contributed by atoms with Crippen LogP contribution in [-0.2, 0) is 6.42 Å². The maximum Gasteiger partial charge on any atom is 0.164 e. The lowest BCUT2D eigenvalue weighted by molar-refractivity contribution is 0.905. The van der Waals surface area contributed by atoms with Gasteiger partial charge in [0.2, 0.25) is 0 Å². The Morgan fingerprint density at radius 2 is 2.10 bits per heavy atom. The molecule has 2 aromatic heterocycles. The van der Waals surface area contributed by atoms with Gasteiger partial charge in [-0.25, -0.2) is 9.97 Å². The summed E-state index contributed by atoms with van der Waals surface area (Å²) < 4.78 is 1.99. The molecule has 3 rings (SSSR count). The number of aromatic nitrogens is 3. The first-order valence-electron chi connectivity index (χ1n) is 6.35. The standard InChI is InChI=1S/C15H13Cl2N3/c1-10-4-5-13(11(17)9-10)20-14(6-7-16)19-12-3-2-8-18-15(12)20/h2-5,8-9H,6-7H2,1H3. The van der Waals surface area contributed by atoms with E-state index in [4.69, 9.17) is 23.2 Å². The van der Waals surface area contributed by atoms with E-state index in [1.807, 2.05) is 41.8 Å². The monoisotopic (exact) mass is 305 g/mol. The molecule has 0 fully saturated rings. The third-order valence-electron chi connectivity index (χ3n) is 3.15. The minimum absolute atomic E-state index is 0.507. The van der Waals surface area contributed by atoms with E-state index in [9.17, 15) is 0 Å². The summed E-state index contributed by atoms with van der Waals surface area (Å²) in [4.78, 5) is 9.02. The maximum absolute atomic E-state index is 6.38. The van der Waals surface area contributed by atoms with Crippen molar-refractivity contribution < 1.29 is 0 Å². The van der Waals surface area contributed by atoms with Crippen LogP contribution >= 0.6 is 23.2 Å². The van der Waals surface area contributed by atoms with Crippen LogP contribution in [-0.4, -0.2) is 20.4 Å². The van der Waals surface area contributed by atoms with Crippen LogP contribution in [0.15, 0.2) is 36.5 Å². The molecular formula is C15H13Cl2N3. The fourth-order valence-electron chi connectivity index (χ4n) is 2.26. The molecule has 0 radical (unpaired) electrons. The van der Waals surface area contributed by atoms with E-state index in [1.165, 1.54) is 0 Å². The van der Waals surface area contributed by atoms with Gasteiger partial charge in [-0.05, 0) is 36.8 Å². The van der Waals surface area contributed by atoms with Gasteiger partial charge in [-0.2, -0.15) is 0 Å². The zero-order valence-electron chi connectivity index (χ0n) is 11.0. The Labute approximate surface area is 127 Å². The topological polar surface area (TPSA) is 30.7 Å². The van der Waals surface area contributed by atoms with Crippen molar-refractivity contribution in [1.29, 1.82) is 0 Å². The van der Waals surface area contributed by atoms with Crippen molar-refractivity contribution in [2.45, 2.75) is 13.3 Å². The van der Waals surface area contributed by atoms with Crippen LogP contribution in [0, 0.1) is 6.92 Å². The number of alkyl halides is 1. The lowest BCUT2D eigenvalue weighted by Gasteiger charge is -2.10. The second-order valence-corrected chi connectivity index (χ2v) is 5.39. The highest BCUT2D eigenvalue weighted by Crippen LogP contribution is 2.27. The molecular weight excluding hydrogens is 293 g/mol. The molecule has 1 aromatic carbocycles. The number of benzene rings is 1. The van der Waals surface area contributed by atoms with Gasteiger partial charge < -0.3 is 0 Å². The average molecular weight is 306 g/mol. The van der Waals surface area contributed by atoms with E-state index in [1.54, 1.807) is 6.20 Å². The first-order chi connectivity index (χ1) is 9.70. The Kier molecular flexibility index (Phi) is 3.64. The summed E-state index contributed by atoms with van der Waals surface area (Å²) >= 11 is 12.3. The van der Waals surface area contributed by atoms with E-state index >= 15 is 0 Å². The van der Waals surface area contributed by atoms with Gasteiger partial charge in [0.15, 0.2) is 5.65 Å². The van der Waals surface area contributed by atoms with Crippen LogP contribution in [0.4, 0.5) is 0 Å². The Balaban J connectivity index is 2.30. The van der Waals surface area contributed by atoms with E-state index in [2.05, 4.69) is 9.97 Å². The molecule has 102 valence electrons. The SMILES string of the molecule is Cc1ccc(-n2c(CCCl)nc3cccnc32)c(Cl)c1. The van der Waals surface area contributed by atoms with Crippen molar-refractivity contribution in [3.05, 3.63) is 52.9 Å². The molecule has 0 bridgehead atoms. The van der Waals surface area contributed by atoms with Gasteiger partial charge >= 0.3 is 0 Å². The lowest BCUT2D eigenvalue weighted by Crippen LogP contribution is -2.03. The highest BCUT2D eigenvalue weighted by Gasteiger charge is 2.15. The Bertz CT molecular complexity index is 765. The van der Waals surface area contributed by atoms with Gasteiger partial charge in [0.05, 0.1) is 10.7 Å². The molecule has 20 heavy (non-hydrogen) atoms. The molecule has 0 spiro atoms. The summed E-state index contributed by atoms with van der Waals surface area (Å²) in [6, 6.07) is 9.78. The van der Waals surface area contributed by atoms with Crippen molar-refractivity contribution >= 4 is 34.4 Å². The third kappa shape index (κ3) is 2.28. The third-order valence-corrected chi connectivity index (χ3v) is 3.64. The van der Waals surface area contributed by atoms with Crippen LogP contribution < -0.4 is 0 Å². The fourth-order valence-corrected chi connectivity index (χ4v) is 2.75. The van der Waals surface area contributed by atoms with Gasteiger partial charge in [0.1, 0.15) is 11.3 Å². The van der Waals surface area contributed by atoms with Crippen molar-refractivity contribution in [2.75, 3.05) is 5.88 Å². The van der Waals surface area contributed by atoms with Crippen LogP contribution in [0.3, 0.4) is 0 Å². The zero-order chi connectivity index (χ0) is 14.1. The molecule has 0 aliphatic carbocycles. The van der Waals surface area contributed by atoms with E-state index < -0.39 is 0 Å². The minimum Gasteiger partial charge on any atom is -0.279 e. The number of aryl methyl sites for hydroxylation is 2. The van der Waals surface area contributed by atoms with E-state index in [0.717, 1.165) is 28.2 Å². The number of rotatable bonds is 3. The van der Waals surface area contributed by atoms with Crippen molar-refractivity contribution in [3.8, 4) is 5.69 Å². The second kappa shape index (κ2) is 5.43. The predicted octanol–water partition coefficient (Wildman–Crippen LogP) is 4.16. The van der Waals surface area contributed by atoms with Crippen LogP contribution in [0.1, 0.15) is 11.4 Å². The molecule has 0 saturated heterocycles. The molecule has 3 aromatic rings. The molecule has 5 heteroatoms. The normalized spacial score (nSPS) is 11.2. The zero-order valence-corrected chi connectivity index (χ0v) is 12.5. The van der Waals surface area contributed by atoms with Crippen molar-refractivity contribution in [1.82, 2.24) is 14.5 Å². The average Bonchev–Trinajstić information content (AvgIpc) is 2.78. The van der Waals surface area contributed by atoms with Gasteiger partial charge in [-0.3, -0.25) is 4.57 Å². The first kappa shape index (κ1) is 13.4. The minimum atomic E-state index is 0.507. The molecule has 0 amide bonds. The number of halogens is 2. The van der Waals surface area contributed by atoms with E-state index in [-0.39, 0.29) is 0 Å². The number of nitrogens with zero attached hydrogens (tertiary/aromatic N) is 3. The molecule has 0 atom stereocenters. The summed E-state index contributed by atoms with van der Waals surface area (Å²) in [6.07, 6.45) is 2.43. The summed E-state index contributed by atoms with van der Waals surface area (Å²) in [5.74, 6) is 1.38. The van der Waals surface area contributed by atoms with Gasteiger partial charge in [-0.15, -0.1) is 11.6 Å². The first-order valence-corrected chi connectivity index (χ1v) is 7.27. The Morgan fingerprint density at radius 1 is 1.25 bits per heavy atom. The summed E-state index contributed by atoms with van der Waals surface area (Å²) in [6.45, 7) is 2.01. The van der Waals surface area contributed by atoms with Crippen LogP contribution in [0.2, 0.25) is 5.02 Å². The summed E-state index contributed by atoms with van der Waals surface area (Å²) in [5.41, 5.74) is 3.66. The molecule has 0 unspecified atom stereocenters. The van der Waals surface area contributed by atoms with Crippen molar-refractivity contribution in [2.24, 2.45) is 0 Å². The number of pyridine rings is 1. The van der Waals surface area contributed by atoms with Crippen molar-refractivity contribution in [3.63, 3.8) is 0 Å². The highest BCUT2D eigenvalue weighted by atomic mass is 35.5. The number of hydrogen-bond acceptors (Lipinski definition) is 2. The maximum atomic E-state index is 6.38. The summed E-state index contributed by atoms with van der Waals surface area (Å²) in [7, 11) is 0. The molecule has 0 aliphatic rings. The molecule has 0 aliphatic heterocycles. The van der Waals surface area contributed by atoms with Gasteiger partial charge in [-0.1, -0.05) is 17.7 Å². The largest absolute Gasteiger partial charge is 0.279 e. The number of imidazole rings is 1. The van der Waals surface area contributed by atoms with E-state index in [0.29, 0.717) is 17.3 Å². The highest BCUT2D eigenvalue weighted by molar-refractivity contribution is 6.32. The van der Waals surface area contributed by atoms with Crippen LogP contribution in [0.5, 0.6) is 0 Å². The second-order valence-electron chi connectivity index (χ2n) is 4.60. The quantitative estimate of drug-likeness (QED) is 0.680. The molecule has 3 nitrogen and oxygen atoms in total. The smallest absolute Gasteiger partial charge is 0.164 e. The Morgan fingerprint density at radius 3 is 2.85 bits per heavy atom. The molecule has 0 N–H and O–H groups in total. The summed E-state index contributed by atoms with van der Waals surface area (Å²) in [5, 5.41) is 0.686. The van der Waals surface area contributed by atoms with Crippen LogP contribution in [0.25, 0.3) is 16.9 Å². The lowest BCUT2D eigenvalue weighted by atomic mass is 10.2. The number of hydrogen-bond donors (Lipinski definition) is 0. The predicted molar refractivity (Wildman–Crippen MR) is 83.0 cm³/mol. The Hall–Kier alpha value is -1.58. The van der Waals surface area contributed by atoms with Gasteiger partial charge in [0, 0.05) is 18.5 Å². The van der Waals surface area contributed by atoms with Gasteiger partial charge in [0.25, 0.3) is 0 Å². The fraction of sp³-hybridized carbons (Fsp3) is 0.200. The number of fused-ring (bicyclic) bond motifs is 1. The molecule has 2 heterocycles. The molecule has 0 saturated carbocycles.